The van der Waals surface area contributed by atoms with E-state index in [9.17, 15) is 9.59 Å². The number of halogens is 2. The Labute approximate surface area is 178 Å². The molecule has 7 nitrogen and oxygen atoms in total. The van der Waals surface area contributed by atoms with Crippen LogP contribution in [0.1, 0.15) is 33.0 Å². The van der Waals surface area contributed by atoms with E-state index in [-0.39, 0.29) is 18.2 Å². The van der Waals surface area contributed by atoms with Crippen molar-refractivity contribution in [2.24, 2.45) is 11.7 Å². The molecule has 0 saturated heterocycles. The van der Waals surface area contributed by atoms with Gasteiger partial charge in [0.2, 0.25) is 11.8 Å². The Bertz CT molecular complexity index is 836. The standard InChI is InChI=1S/C18H23Cl2N5O2S/c1-10(2)9-25-16(5-4-15(21)26)23-24-18(25)28-11(3)17(27)22-14-7-12(19)6-13(20)8-14/h6-8,10-11H,4-5,9H2,1-3H3,(H2,21,26)(H,22,27). The van der Waals surface area contributed by atoms with Crippen molar-refractivity contribution in [1.82, 2.24) is 14.8 Å². The smallest absolute Gasteiger partial charge is 0.237 e. The van der Waals surface area contributed by atoms with Crippen molar-refractivity contribution < 1.29 is 9.59 Å². The minimum atomic E-state index is -0.433. The van der Waals surface area contributed by atoms with Crippen LogP contribution >= 0.6 is 35.0 Å². The van der Waals surface area contributed by atoms with Gasteiger partial charge in [-0.3, -0.25) is 9.59 Å². The molecule has 10 heteroatoms. The van der Waals surface area contributed by atoms with E-state index < -0.39 is 5.25 Å². The molecule has 2 rings (SSSR count). The van der Waals surface area contributed by atoms with Crippen LogP contribution in [0.4, 0.5) is 5.69 Å². The predicted octanol–water partition coefficient (Wildman–Crippen LogP) is 3.78. The summed E-state index contributed by atoms with van der Waals surface area (Å²) < 4.78 is 1.94. The molecule has 28 heavy (non-hydrogen) atoms. The van der Waals surface area contributed by atoms with E-state index in [2.05, 4.69) is 29.4 Å². The molecule has 1 atom stereocenters. The van der Waals surface area contributed by atoms with Crippen LogP contribution in [0.2, 0.25) is 10.0 Å². The maximum absolute atomic E-state index is 12.6. The summed E-state index contributed by atoms with van der Waals surface area (Å²) in [6.45, 7) is 6.61. The molecule has 0 aliphatic carbocycles. The lowest BCUT2D eigenvalue weighted by molar-refractivity contribution is -0.118. The van der Waals surface area contributed by atoms with Gasteiger partial charge in [-0.1, -0.05) is 48.8 Å². The molecule has 152 valence electrons. The second-order valence-electron chi connectivity index (χ2n) is 6.78. The summed E-state index contributed by atoms with van der Waals surface area (Å²) in [5, 5.41) is 12.3. The van der Waals surface area contributed by atoms with Crippen LogP contribution in [-0.2, 0) is 22.6 Å². The quantitative estimate of drug-likeness (QED) is 0.573. The largest absolute Gasteiger partial charge is 0.370 e. The number of nitrogens with two attached hydrogens (primary N) is 1. The first kappa shape index (κ1) is 22.5. The predicted molar refractivity (Wildman–Crippen MR) is 113 cm³/mol. The molecule has 0 radical (unpaired) electrons. The maximum Gasteiger partial charge on any atom is 0.237 e. The van der Waals surface area contributed by atoms with Crippen molar-refractivity contribution in [3.63, 3.8) is 0 Å². The third kappa shape index (κ3) is 6.68. The Morgan fingerprint density at radius 2 is 1.82 bits per heavy atom. The van der Waals surface area contributed by atoms with E-state index >= 15 is 0 Å². The summed E-state index contributed by atoms with van der Waals surface area (Å²) in [5.41, 5.74) is 5.77. The van der Waals surface area contributed by atoms with Gasteiger partial charge in [0.15, 0.2) is 5.16 Å². The molecule has 0 aliphatic heterocycles. The molecule has 1 unspecified atom stereocenters. The Morgan fingerprint density at radius 3 is 2.39 bits per heavy atom. The molecule has 0 fully saturated rings. The second kappa shape index (κ2) is 10.1. The molecule has 2 aromatic rings. The zero-order valence-electron chi connectivity index (χ0n) is 15.9. The highest BCUT2D eigenvalue weighted by Gasteiger charge is 2.21. The molecular weight excluding hydrogens is 421 g/mol. The number of carbonyl (C=O) groups excluding carboxylic acids is 2. The van der Waals surface area contributed by atoms with Gasteiger partial charge in [0, 0.05) is 35.1 Å². The van der Waals surface area contributed by atoms with Crippen LogP contribution in [-0.4, -0.2) is 31.8 Å². The van der Waals surface area contributed by atoms with Crippen LogP contribution in [0.15, 0.2) is 23.4 Å². The van der Waals surface area contributed by atoms with E-state index in [1.807, 2.05) is 4.57 Å². The van der Waals surface area contributed by atoms with E-state index in [0.717, 1.165) is 0 Å². The van der Waals surface area contributed by atoms with Crippen molar-refractivity contribution in [3.8, 4) is 0 Å². The summed E-state index contributed by atoms with van der Waals surface area (Å²) in [6.07, 6.45) is 0.615. The molecule has 0 aliphatic rings. The summed E-state index contributed by atoms with van der Waals surface area (Å²) in [6, 6.07) is 4.86. The zero-order valence-corrected chi connectivity index (χ0v) is 18.2. The third-order valence-electron chi connectivity index (χ3n) is 3.72. The van der Waals surface area contributed by atoms with Gasteiger partial charge in [-0.05, 0) is 31.0 Å². The fourth-order valence-electron chi connectivity index (χ4n) is 2.46. The number of hydrogen-bond acceptors (Lipinski definition) is 5. The number of aromatic nitrogens is 3. The monoisotopic (exact) mass is 443 g/mol. The lowest BCUT2D eigenvalue weighted by Crippen LogP contribution is -2.23. The fraction of sp³-hybridized carbons (Fsp3) is 0.444. The molecule has 1 aromatic heterocycles. The lowest BCUT2D eigenvalue weighted by Gasteiger charge is -2.15. The van der Waals surface area contributed by atoms with E-state index in [4.69, 9.17) is 28.9 Å². The highest BCUT2D eigenvalue weighted by Crippen LogP contribution is 2.26. The first-order valence-electron chi connectivity index (χ1n) is 8.79. The average molecular weight is 444 g/mol. The number of aryl methyl sites for hydroxylation is 1. The summed E-state index contributed by atoms with van der Waals surface area (Å²) in [7, 11) is 0. The number of thioether (sulfide) groups is 1. The molecule has 1 aromatic carbocycles. The number of nitrogens with zero attached hydrogens (tertiary/aromatic N) is 3. The number of hydrogen-bond donors (Lipinski definition) is 2. The molecule has 3 N–H and O–H groups in total. The maximum atomic E-state index is 12.6. The summed E-state index contributed by atoms with van der Waals surface area (Å²) >= 11 is 13.2. The number of nitrogens with one attached hydrogen (secondary N) is 1. The summed E-state index contributed by atoms with van der Waals surface area (Å²) in [4.78, 5) is 23.6. The van der Waals surface area contributed by atoms with Crippen molar-refractivity contribution >= 4 is 52.5 Å². The van der Waals surface area contributed by atoms with Crippen LogP contribution in [0.3, 0.4) is 0 Å². The third-order valence-corrected chi connectivity index (χ3v) is 5.23. The number of amides is 2. The van der Waals surface area contributed by atoms with E-state index in [1.165, 1.54) is 11.8 Å². The second-order valence-corrected chi connectivity index (χ2v) is 8.96. The number of primary amides is 1. The van der Waals surface area contributed by atoms with Gasteiger partial charge in [0.1, 0.15) is 5.82 Å². The fourth-order valence-corrected chi connectivity index (χ4v) is 3.86. The molecule has 2 amide bonds. The van der Waals surface area contributed by atoms with E-state index in [0.29, 0.717) is 45.6 Å². The molecule has 1 heterocycles. The van der Waals surface area contributed by atoms with E-state index in [1.54, 1.807) is 25.1 Å². The van der Waals surface area contributed by atoms with Gasteiger partial charge >= 0.3 is 0 Å². The highest BCUT2D eigenvalue weighted by molar-refractivity contribution is 8.00. The van der Waals surface area contributed by atoms with Crippen molar-refractivity contribution in [2.75, 3.05) is 5.32 Å². The van der Waals surface area contributed by atoms with Crippen LogP contribution in [0, 0.1) is 5.92 Å². The Kier molecular flexibility index (Phi) is 8.15. The van der Waals surface area contributed by atoms with Gasteiger partial charge in [-0.15, -0.1) is 10.2 Å². The van der Waals surface area contributed by atoms with Crippen LogP contribution in [0.25, 0.3) is 0 Å². The van der Waals surface area contributed by atoms with Gasteiger partial charge < -0.3 is 15.6 Å². The molecule has 0 bridgehead atoms. The highest BCUT2D eigenvalue weighted by atomic mass is 35.5. The van der Waals surface area contributed by atoms with Crippen LogP contribution in [0.5, 0.6) is 0 Å². The van der Waals surface area contributed by atoms with Crippen molar-refractivity contribution in [2.45, 2.75) is 50.6 Å². The first-order chi connectivity index (χ1) is 13.2. The molecule has 0 saturated carbocycles. The summed E-state index contributed by atoms with van der Waals surface area (Å²) in [5.74, 6) is 0.437. The van der Waals surface area contributed by atoms with Gasteiger partial charge in [-0.2, -0.15) is 0 Å². The van der Waals surface area contributed by atoms with Crippen molar-refractivity contribution in [1.29, 1.82) is 0 Å². The Balaban J connectivity index is 2.11. The number of rotatable bonds is 9. The minimum absolute atomic E-state index is 0.201. The van der Waals surface area contributed by atoms with Gasteiger partial charge in [0.25, 0.3) is 0 Å². The van der Waals surface area contributed by atoms with Crippen molar-refractivity contribution in [3.05, 3.63) is 34.1 Å². The molecule has 0 spiro atoms. The minimum Gasteiger partial charge on any atom is -0.370 e. The number of benzene rings is 1. The molecular formula is C18H23Cl2N5O2S. The van der Waals surface area contributed by atoms with Gasteiger partial charge in [0.05, 0.1) is 5.25 Å². The lowest BCUT2D eigenvalue weighted by atomic mass is 10.2. The Morgan fingerprint density at radius 1 is 1.18 bits per heavy atom. The number of anilines is 1. The zero-order chi connectivity index (χ0) is 20.8. The average Bonchev–Trinajstić information content (AvgIpc) is 2.93. The Hall–Kier alpha value is -1.77. The SMILES string of the molecule is CC(C)Cn1c(CCC(N)=O)nnc1SC(C)C(=O)Nc1cc(Cl)cc(Cl)c1. The normalized spacial score (nSPS) is 12.2. The van der Waals surface area contributed by atoms with Gasteiger partial charge in [-0.25, -0.2) is 0 Å². The van der Waals surface area contributed by atoms with Crippen LogP contribution < -0.4 is 11.1 Å². The topological polar surface area (TPSA) is 103 Å². The number of carbonyl (C=O) groups is 2. The first-order valence-corrected chi connectivity index (χ1v) is 10.4.